The molecule has 2 aliphatic rings. The monoisotopic (exact) mass is 254 g/mol. The topological polar surface area (TPSA) is 46.3 Å². The van der Waals surface area contributed by atoms with Crippen molar-refractivity contribution in [3.8, 4) is 0 Å². The summed E-state index contributed by atoms with van der Waals surface area (Å²) in [5.41, 5.74) is 5.41. The van der Waals surface area contributed by atoms with Crippen LogP contribution in [0.5, 0.6) is 0 Å². The van der Waals surface area contributed by atoms with Gasteiger partial charge in [-0.2, -0.15) is 0 Å². The number of carbonyl (C=O) groups excluding carboxylic acids is 1. The Kier molecular flexibility index (Phi) is 4.02. The third-order valence-electron chi connectivity index (χ3n) is 4.23. The van der Waals surface area contributed by atoms with Gasteiger partial charge in [0.15, 0.2) is 0 Å². The highest BCUT2D eigenvalue weighted by atomic mass is 32.1. The van der Waals surface area contributed by atoms with E-state index in [1.165, 1.54) is 12.8 Å². The SMILES string of the molecule is NC(=S)C1(C(=O)N2CCCC2)CCCCCC1. The maximum absolute atomic E-state index is 12.7. The van der Waals surface area contributed by atoms with Crippen molar-refractivity contribution in [3.63, 3.8) is 0 Å². The van der Waals surface area contributed by atoms with Crippen LogP contribution in [-0.2, 0) is 4.79 Å². The second-order valence-corrected chi connectivity index (χ2v) is 5.80. The summed E-state index contributed by atoms with van der Waals surface area (Å²) in [7, 11) is 0. The molecule has 0 bridgehead atoms. The van der Waals surface area contributed by atoms with E-state index in [0.29, 0.717) is 4.99 Å². The third kappa shape index (κ3) is 2.46. The average molecular weight is 254 g/mol. The minimum atomic E-state index is -0.518. The van der Waals surface area contributed by atoms with Crippen LogP contribution in [0.3, 0.4) is 0 Å². The first-order valence-corrected chi connectivity index (χ1v) is 7.17. The Morgan fingerprint density at radius 3 is 2.00 bits per heavy atom. The standard InChI is InChI=1S/C13H22N2OS/c14-11(17)13(7-3-1-2-4-8-13)12(16)15-9-5-6-10-15/h1-10H2,(H2,14,17). The lowest BCUT2D eigenvalue weighted by atomic mass is 9.79. The highest BCUT2D eigenvalue weighted by molar-refractivity contribution is 7.80. The van der Waals surface area contributed by atoms with Crippen molar-refractivity contribution in [2.24, 2.45) is 11.1 Å². The molecule has 1 aliphatic carbocycles. The van der Waals surface area contributed by atoms with Crippen molar-refractivity contribution in [2.45, 2.75) is 51.4 Å². The van der Waals surface area contributed by atoms with Gasteiger partial charge in [0.25, 0.3) is 0 Å². The Morgan fingerprint density at radius 1 is 1.00 bits per heavy atom. The van der Waals surface area contributed by atoms with Gasteiger partial charge in [-0.25, -0.2) is 0 Å². The smallest absolute Gasteiger partial charge is 0.235 e. The molecule has 0 spiro atoms. The van der Waals surface area contributed by atoms with Crippen molar-refractivity contribution in [1.29, 1.82) is 0 Å². The van der Waals surface area contributed by atoms with Gasteiger partial charge < -0.3 is 10.6 Å². The number of nitrogens with two attached hydrogens (primary N) is 1. The fraction of sp³-hybridized carbons (Fsp3) is 0.846. The van der Waals surface area contributed by atoms with Crippen molar-refractivity contribution in [3.05, 3.63) is 0 Å². The van der Waals surface area contributed by atoms with E-state index in [9.17, 15) is 4.79 Å². The van der Waals surface area contributed by atoms with Gasteiger partial charge >= 0.3 is 0 Å². The molecule has 4 heteroatoms. The second kappa shape index (κ2) is 5.34. The molecule has 1 heterocycles. The summed E-state index contributed by atoms with van der Waals surface area (Å²) in [5, 5.41) is 0. The van der Waals surface area contributed by atoms with Crippen LogP contribution in [0.4, 0.5) is 0 Å². The Bertz CT molecular complexity index is 303. The summed E-state index contributed by atoms with van der Waals surface area (Å²) in [6.45, 7) is 1.78. The number of carbonyl (C=O) groups is 1. The molecule has 2 fully saturated rings. The van der Waals surface area contributed by atoms with Gasteiger partial charge in [-0.05, 0) is 25.7 Å². The van der Waals surface area contributed by atoms with Gasteiger partial charge in [-0.15, -0.1) is 0 Å². The van der Waals surface area contributed by atoms with Gasteiger partial charge in [0.2, 0.25) is 5.91 Å². The van der Waals surface area contributed by atoms with Crippen molar-refractivity contribution in [1.82, 2.24) is 4.90 Å². The van der Waals surface area contributed by atoms with Gasteiger partial charge in [0, 0.05) is 13.1 Å². The van der Waals surface area contributed by atoms with Crippen LogP contribution in [0.2, 0.25) is 0 Å². The number of nitrogens with zero attached hydrogens (tertiary/aromatic N) is 1. The summed E-state index contributed by atoms with van der Waals surface area (Å²) in [5.74, 6) is 0.212. The molecule has 1 saturated carbocycles. The maximum atomic E-state index is 12.7. The number of likely N-dealkylation sites (tertiary alicyclic amines) is 1. The molecular weight excluding hydrogens is 232 g/mol. The first-order valence-electron chi connectivity index (χ1n) is 6.76. The predicted octanol–water partition coefficient (Wildman–Crippen LogP) is 2.24. The fourth-order valence-corrected chi connectivity index (χ4v) is 3.41. The Morgan fingerprint density at radius 2 is 1.53 bits per heavy atom. The average Bonchev–Trinajstić information content (AvgIpc) is 2.72. The van der Waals surface area contributed by atoms with E-state index in [4.69, 9.17) is 18.0 Å². The lowest BCUT2D eigenvalue weighted by Gasteiger charge is -2.34. The zero-order chi connectivity index (χ0) is 12.3. The molecule has 1 saturated heterocycles. The summed E-state index contributed by atoms with van der Waals surface area (Å²) in [6, 6.07) is 0. The zero-order valence-corrected chi connectivity index (χ0v) is 11.2. The molecule has 1 aliphatic heterocycles. The molecule has 0 aromatic rings. The number of rotatable bonds is 2. The van der Waals surface area contributed by atoms with Crippen LogP contribution < -0.4 is 5.73 Å². The molecule has 0 atom stereocenters. The highest BCUT2D eigenvalue weighted by Gasteiger charge is 2.44. The lowest BCUT2D eigenvalue weighted by Crippen LogP contribution is -2.49. The number of amides is 1. The Hall–Kier alpha value is -0.640. The van der Waals surface area contributed by atoms with Crippen LogP contribution in [0.15, 0.2) is 0 Å². The highest BCUT2D eigenvalue weighted by Crippen LogP contribution is 2.38. The molecule has 3 nitrogen and oxygen atoms in total. The van der Waals surface area contributed by atoms with Gasteiger partial charge in [0.05, 0.1) is 10.4 Å². The van der Waals surface area contributed by atoms with Gasteiger partial charge in [0.1, 0.15) is 0 Å². The Balaban J connectivity index is 2.19. The van der Waals surface area contributed by atoms with E-state index in [0.717, 1.165) is 51.6 Å². The molecule has 1 amide bonds. The lowest BCUT2D eigenvalue weighted by molar-refractivity contribution is -0.137. The largest absolute Gasteiger partial charge is 0.392 e. The number of hydrogen-bond donors (Lipinski definition) is 1. The first-order chi connectivity index (χ1) is 8.17. The summed E-state index contributed by atoms with van der Waals surface area (Å²) in [6.07, 6.45) is 8.54. The van der Waals surface area contributed by atoms with Gasteiger partial charge in [-0.1, -0.05) is 37.9 Å². The van der Waals surface area contributed by atoms with E-state index in [1.54, 1.807) is 0 Å². The number of thiocarbonyl (C=S) groups is 1. The molecule has 0 aromatic heterocycles. The van der Waals surface area contributed by atoms with E-state index >= 15 is 0 Å². The first kappa shape index (κ1) is 12.8. The molecule has 0 unspecified atom stereocenters. The molecule has 0 radical (unpaired) electrons. The van der Waals surface area contributed by atoms with E-state index in [-0.39, 0.29) is 5.91 Å². The van der Waals surface area contributed by atoms with E-state index < -0.39 is 5.41 Å². The van der Waals surface area contributed by atoms with Crippen LogP contribution in [0.25, 0.3) is 0 Å². The second-order valence-electron chi connectivity index (χ2n) is 5.36. The predicted molar refractivity (Wildman–Crippen MR) is 72.7 cm³/mol. The van der Waals surface area contributed by atoms with E-state index in [2.05, 4.69) is 0 Å². The van der Waals surface area contributed by atoms with Gasteiger partial charge in [-0.3, -0.25) is 4.79 Å². The normalized spacial score (nSPS) is 24.4. The molecule has 2 N–H and O–H groups in total. The minimum Gasteiger partial charge on any atom is -0.392 e. The molecule has 0 aromatic carbocycles. The van der Waals surface area contributed by atoms with Crippen LogP contribution in [0.1, 0.15) is 51.4 Å². The zero-order valence-electron chi connectivity index (χ0n) is 10.4. The molecule has 17 heavy (non-hydrogen) atoms. The summed E-state index contributed by atoms with van der Waals surface area (Å²) >= 11 is 5.23. The quantitative estimate of drug-likeness (QED) is 0.607. The van der Waals surface area contributed by atoms with Crippen LogP contribution in [-0.4, -0.2) is 28.9 Å². The van der Waals surface area contributed by atoms with Crippen molar-refractivity contribution in [2.75, 3.05) is 13.1 Å². The van der Waals surface area contributed by atoms with Crippen molar-refractivity contribution < 1.29 is 4.79 Å². The third-order valence-corrected chi connectivity index (χ3v) is 4.62. The van der Waals surface area contributed by atoms with Crippen LogP contribution >= 0.6 is 12.2 Å². The van der Waals surface area contributed by atoms with E-state index in [1.807, 2.05) is 4.90 Å². The van der Waals surface area contributed by atoms with Crippen LogP contribution in [0, 0.1) is 5.41 Å². The maximum Gasteiger partial charge on any atom is 0.235 e. The van der Waals surface area contributed by atoms with Crippen molar-refractivity contribution >= 4 is 23.1 Å². The summed E-state index contributed by atoms with van der Waals surface area (Å²) < 4.78 is 0. The molecule has 96 valence electrons. The summed E-state index contributed by atoms with van der Waals surface area (Å²) in [4.78, 5) is 15.1. The molecule has 2 rings (SSSR count). The minimum absolute atomic E-state index is 0.212. The number of hydrogen-bond acceptors (Lipinski definition) is 2. The molecular formula is C13H22N2OS. The Labute approximate surface area is 109 Å². The fourth-order valence-electron chi connectivity index (χ4n) is 3.12.